The average molecular weight is 395 g/mol. The Balaban J connectivity index is 1.96. The molecule has 0 bridgehead atoms. The maximum Gasteiger partial charge on any atom is 0.263 e. The van der Waals surface area contributed by atoms with Crippen molar-refractivity contribution in [3.8, 4) is 23.3 Å². The van der Waals surface area contributed by atoms with Gasteiger partial charge in [0.05, 0.1) is 13.2 Å². The molecule has 0 saturated carbocycles. The predicted molar refractivity (Wildman–Crippen MR) is 111 cm³/mol. The van der Waals surface area contributed by atoms with Crippen LogP contribution in [-0.2, 0) is 11.2 Å². The van der Waals surface area contributed by atoms with E-state index in [1.807, 2.05) is 19.9 Å². The molecule has 0 aliphatic heterocycles. The van der Waals surface area contributed by atoms with Crippen molar-refractivity contribution in [2.75, 3.05) is 25.1 Å². The number of hydrogen-bond donors (Lipinski definition) is 3. The molecule has 152 valence electrons. The highest BCUT2D eigenvalue weighted by Gasteiger charge is 2.09. The average Bonchev–Trinajstić information content (AvgIpc) is 2.72. The summed E-state index contributed by atoms with van der Waals surface area (Å²) in [5.74, 6) is 0.955. The maximum absolute atomic E-state index is 12.2. The van der Waals surface area contributed by atoms with Crippen LogP contribution in [0.4, 0.5) is 5.69 Å². The highest BCUT2D eigenvalue weighted by molar-refractivity contribution is 5.97. The first-order valence-electron chi connectivity index (χ1n) is 9.40. The van der Waals surface area contributed by atoms with Gasteiger partial charge in [-0.25, -0.2) is 0 Å². The second kappa shape index (κ2) is 11.2. The third-order valence-electron chi connectivity index (χ3n) is 3.93. The molecular weight excluding hydrogens is 370 g/mol. The van der Waals surface area contributed by atoms with Crippen molar-refractivity contribution < 1.29 is 19.4 Å². The molecule has 0 aliphatic carbocycles. The van der Waals surface area contributed by atoms with Crippen LogP contribution in [0, 0.1) is 11.3 Å². The van der Waals surface area contributed by atoms with Crippen molar-refractivity contribution >= 4 is 11.6 Å². The monoisotopic (exact) mass is 395 g/mol. The van der Waals surface area contributed by atoms with Gasteiger partial charge in [0.15, 0.2) is 11.5 Å². The van der Waals surface area contributed by atoms with Crippen LogP contribution >= 0.6 is 0 Å². The summed E-state index contributed by atoms with van der Waals surface area (Å²) in [6.45, 7) is 5.16. The molecule has 0 atom stereocenters. The third-order valence-corrected chi connectivity index (χ3v) is 3.93. The first-order valence-corrected chi connectivity index (χ1v) is 9.40. The molecule has 2 aromatic carbocycles. The number of ether oxygens (including phenoxy) is 2. The van der Waals surface area contributed by atoms with Gasteiger partial charge in [-0.05, 0) is 50.1 Å². The van der Waals surface area contributed by atoms with E-state index >= 15 is 0 Å². The Labute approximate surface area is 170 Å². The molecule has 0 aliphatic rings. The Morgan fingerprint density at radius 2 is 1.79 bits per heavy atom. The smallest absolute Gasteiger partial charge is 0.263 e. The molecule has 0 unspecified atom stereocenters. The molecule has 0 aromatic heterocycles. The summed E-state index contributed by atoms with van der Waals surface area (Å²) >= 11 is 0. The normalized spacial score (nSPS) is 10.7. The van der Waals surface area contributed by atoms with Crippen LogP contribution in [0.15, 0.2) is 54.2 Å². The second-order valence-corrected chi connectivity index (χ2v) is 6.01. The molecule has 0 fully saturated rings. The summed E-state index contributed by atoms with van der Waals surface area (Å²) in [6, 6.07) is 14.0. The Kier molecular flexibility index (Phi) is 8.39. The molecule has 0 radical (unpaired) electrons. The first kappa shape index (κ1) is 21.6. The van der Waals surface area contributed by atoms with E-state index in [1.54, 1.807) is 42.5 Å². The molecule has 2 rings (SSSR count). The Hall–Kier alpha value is -3.66. The summed E-state index contributed by atoms with van der Waals surface area (Å²) in [6.07, 6.45) is 1.95. The van der Waals surface area contributed by atoms with Gasteiger partial charge in [-0.3, -0.25) is 4.79 Å². The minimum absolute atomic E-state index is 0.0393. The second-order valence-electron chi connectivity index (χ2n) is 6.01. The zero-order valence-corrected chi connectivity index (χ0v) is 16.6. The zero-order chi connectivity index (χ0) is 21.1. The lowest BCUT2D eigenvalue weighted by molar-refractivity contribution is -0.117. The van der Waals surface area contributed by atoms with E-state index in [9.17, 15) is 15.2 Å². The van der Waals surface area contributed by atoms with E-state index in [-0.39, 0.29) is 11.3 Å². The van der Waals surface area contributed by atoms with Crippen LogP contribution in [-0.4, -0.2) is 30.8 Å². The van der Waals surface area contributed by atoms with Crippen molar-refractivity contribution in [3.05, 3.63) is 59.8 Å². The summed E-state index contributed by atoms with van der Waals surface area (Å²) in [7, 11) is 0. The number of aromatic hydroxyl groups is 1. The van der Waals surface area contributed by atoms with Crippen LogP contribution in [0.5, 0.6) is 17.2 Å². The fourth-order valence-corrected chi connectivity index (χ4v) is 2.52. The van der Waals surface area contributed by atoms with Crippen molar-refractivity contribution in [1.82, 2.24) is 5.32 Å². The van der Waals surface area contributed by atoms with E-state index in [0.717, 1.165) is 5.56 Å². The molecule has 7 heteroatoms. The van der Waals surface area contributed by atoms with Gasteiger partial charge in [0.2, 0.25) is 0 Å². The number of carbonyl (C=O) groups excluding carboxylic acids is 1. The summed E-state index contributed by atoms with van der Waals surface area (Å²) in [5, 5.41) is 24.2. The third kappa shape index (κ3) is 6.78. The number of rotatable bonds is 10. The standard InChI is InChI=1S/C22H25N3O4/c1-3-28-20-10-7-18(13-21(20)29-4-2)25-15-17(14-23)22(27)24-12-11-16-5-8-19(26)9-6-16/h5-10,13,15,25-26H,3-4,11-12H2,1-2H3,(H,24,27)/b17-15-. The zero-order valence-electron chi connectivity index (χ0n) is 16.6. The quantitative estimate of drug-likeness (QED) is 0.421. The van der Waals surface area contributed by atoms with E-state index in [4.69, 9.17) is 9.47 Å². The summed E-state index contributed by atoms with van der Waals surface area (Å²) in [5.41, 5.74) is 1.60. The Morgan fingerprint density at radius 3 is 2.45 bits per heavy atom. The number of nitrogens with one attached hydrogen (secondary N) is 2. The number of phenolic OH excluding ortho intramolecular Hbond substituents is 1. The van der Waals surface area contributed by atoms with Gasteiger partial charge in [-0.2, -0.15) is 5.26 Å². The van der Waals surface area contributed by atoms with Crippen LogP contribution < -0.4 is 20.1 Å². The minimum Gasteiger partial charge on any atom is -0.508 e. The number of anilines is 1. The number of nitriles is 1. The fraction of sp³-hybridized carbons (Fsp3) is 0.273. The van der Waals surface area contributed by atoms with E-state index < -0.39 is 5.91 Å². The van der Waals surface area contributed by atoms with Crippen molar-refractivity contribution in [1.29, 1.82) is 5.26 Å². The Morgan fingerprint density at radius 1 is 1.10 bits per heavy atom. The van der Waals surface area contributed by atoms with Crippen molar-refractivity contribution in [2.24, 2.45) is 0 Å². The van der Waals surface area contributed by atoms with Crippen LogP contribution in [0.25, 0.3) is 0 Å². The number of carbonyl (C=O) groups is 1. The SMILES string of the molecule is CCOc1ccc(N/C=C(/C#N)C(=O)NCCc2ccc(O)cc2)cc1OCC. The van der Waals surface area contributed by atoms with E-state index in [0.29, 0.717) is 43.4 Å². The van der Waals surface area contributed by atoms with Gasteiger partial charge in [0.1, 0.15) is 17.4 Å². The highest BCUT2D eigenvalue weighted by Crippen LogP contribution is 2.30. The number of hydrogen-bond acceptors (Lipinski definition) is 6. The molecule has 7 nitrogen and oxygen atoms in total. The lowest BCUT2D eigenvalue weighted by Crippen LogP contribution is -2.27. The highest BCUT2D eigenvalue weighted by atomic mass is 16.5. The fourth-order valence-electron chi connectivity index (χ4n) is 2.52. The lowest BCUT2D eigenvalue weighted by atomic mass is 10.1. The molecule has 0 spiro atoms. The number of phenols is 1. The molecule has 0 saturated heterocycles. The van der Waals surface area contributed by atoms with Gasteiger partial charge in [0, 0.05) is 24.5 Å². The largest absolute Gasteiger partial charge is 0.508 e. The molecule has 0 heterocycles. The minimum atomic E-state index is -0.463. The van der Waals surface area contributed by atoms with Crippen LogP contribution in [0.2, 0.25) is 0 Å². The van der Waals surface area contributed by atoms with Gasteiger partial charge in [0.25, 0.3) is 5.91 Å². The Bertz CT molecular complexity index is 886. The van der Waals surface area contributed by atoms with Gasteiger partial charge < -0.3 is 25.2 Å². The van der Waals surface area contributed by atoms with Gasteiger partial charge in [-0.1, -0.05) is 12.1 Å². The van der Waals surface area contributed by atoms with E-state index in [2.05, 4.69) is 10.6 Å². The lowest BCUT2D eigenvalue weighted by Gasteiger charge is -2.12. The molecule has 3 N–H and O–H groups in total. The predicted octanol–water partition coefficient (Wildman–Crippen LogP) is 3.37. The van der Waals surface area contributed by atoms with Crippen molar-refractivity contribution in [3.63, 3.8) is 0 Å². The van der Waals surface area contributed by atoms with Crippen LogP contribution in [0.3, 0.4) is 0 Å². The van der Waals surface area contributed by atoms with Gasteiger partial charge >= 0.3 is 0 Å². The maximum atomic E-state index is 12.2. The number of benzene rings is 2. The van der Waals surface area contributed by atoms with Crippen molar-refractivity contribution in [2.45, 2.75) is 20.3 Å². The van der Waals surface area contributed by atoms with Crippen LogP contribution in [0.1, 0.15) is 19.4 Å². The first-order chi connectivity index (χ1) is 14.1. The summed E-state index contributed by atoms with van der Waals surface area (Å²) in [4.78, 5) is 12.2. The molecular formula is C22H25N3O4. The van der Waals surface area contributed by atoms with E-state index in [1.165, 1.54) is 6.20 Å². The van der Waals surface area contributed by atoms with Gasteiger partial charge in [-0.15, -0.1) is 0 Å². The summed E-state index contributed by atoms with van der Waals surface area (Å²) < 4.78 is 11.1. The molecule has 2 aromatic rings. The topological polar surface area (TPSA) is 104 Å². The number of nitrogens with zero attached hydrogens (tertiary/aromatic N) is 1. The molecule has 1 amide bonds. The number of amides is 1. The molecule has 29 heavy (non-hydrogen) atoms.